The minimum absolute atomic E-state index is 0.0416. The molecule has 0 radical (unpaired) electrons. The Morgan fingerprint density at radius 1 is 1.29 bits per heavy atom. The van der Waals surface area contributed by atoms with Crippen LogP contribution >= 0.6 is 0 Å². The van der Waals surface area contributed by atoms with Crippen LogP contribution in [0.15, 0.2) is 23.1 Å². The lowest BCUT2D eigenvalue weighted by molar-refractivity contribution is -0.390. The highest BCUT2D eigenvalue weighted by molar-refractivity contribution is 7.89. The van der Waals surface area contributed by atoms with Gasteiger partial charge in [-0.3, -0.25) is 10.1 Å². The summed E-state index contributed by atoms with van der Waals surface area (Å²) in [6.07, 6.45) is 1.32. The van der Waals surface area contributed by atoms with Crippen molar-refractivity contribution in [3.63, 3.8) is 0 Å². The van der Waals surface area contributed by atoms with Gasteiger partial charge in [0.2, 0.25) is 15.8 Å². The van der Waals surface area contributed by atoms with Gasteiger partial charge < -0.3 is 0 Å². The Bertz CT molecular complexity index is 663. The van der Waals surface area contributed by atoms with Crippen molar-refractivity contribution in [1.82, 2.24) is 4.31 Å². The van der Waals surface area contributed by atoms with Crippen molar-refractivity contribution in [2.24, 2.45) is 5.41 Å². The van der Waals surface area contributed by atoms with Crippen LogP contribution in [0.4, 0.5) is 10.1 Å². The fraction of sp³-hybridized carbons (Fsp3) is 0.538. The first-order valence-corrected chi connectivity index (χ1v) is 8.02. The molecule has 1 aliphatic rings. The molecule has 0 unspecified atom stereocenters. The highest BCUT2D eigenvalue weighted by atomic mass is 32.2. The molecule has 0 spiro atoms. The molecule has 0 N–H and O–H groups in total. The van der Waals surface area contributed by atoms with Crippen LogP contribution in [0.2, 0.25) is 0 Å². The van der Waals surface area contributed by atoms with Crippen molar-refractivity contribution >= 4 is 15.7 Å². The molecule has 1 fully saturated rings. The molecule has 0 aromatic heterocycles. The molecule has 2 rings (SSSR count). The van der Waals surface area contributed by atoms with E-state index in [-0.39, 0.29) is 18.5 Å². The van der Waals surface area contributed by atoms with Crippen LogP contribution in [0.3, 0.4) is 0 Å². The minimum atomic E-state index is -4.06. The molecule has 1 aromatic rings. The lowest BCUT2D eigenvalue weighted by Gasteiger charge is -2.35. The monoisotopic (exact) mass is 316 g/mol. The predicted octanol–water partition coefficient (Wildman–Crippen LogP) is 2.54. The average Bonchev–Trinajstić information content (AvgIpc) is 2.37. The number of hydrogen-bond acceptors (Lipinski definition) is 4. The Labute approximate surface area is 122 Å². The normalized spacial score (nSPS) is 19.4. The summed E-state index contributed by atoms with van der Waals surface area (Å²) in [6.45, 7) is 4.65. The van der Waals surface area contributed by atoms with Crippen molar-refractivity contribution in [2.75, 3.05) is 13.1 Å². The Hall–Kier alpha value is -1.54. The summed E-state index contributed by atoms with van der Waals surface area (Å²) >= 11 is 0. The summed E-state index contributed by atoms with van der Waals surface area (Å²) in [5, 5.41) is 11.0. The number of nitro groups is 1. The van der Waals surface area contributed by atoms with E-state index in [0.29, 0.717) is 12.8 Å². The zero-order valence-corrected chi connectivity index (χ0v) is 12.7. The number of benzene rings is 1. The second-order valence-electron chi connectivity index (χ2n) is 5.91. The summed E-state index contributed by atoms with van der Waals surface area (Å²) in [5.74, 6) is -1.14. The van der Waals surface area contributed by atoms with Crippen molar-refractivity contribution in [3.8, 4) is 0 Å². The van der Waals surface area contributed by atoms with E-state index in [1.807, 2.05) is 13.8 Å². The Morgan fingerprint density at radius 3 is 2.38 bits per heavy atom. The number of piperidine rings is 1. The zero-order valence-electron chi connectivity index (χ0n) is 11.9. The average molecular weight is 316 g/mol. The van der Waals surface area contributed by atoms with E-state index < -0.39 is 31.3 Å². The third-order valence-electron chi connectivity index (χ3n) is 3.83. The summed E-state index contributed by atoms with van der Waals surface area (Å²) in [5.41, 5.74) is -0.942. The molecule has 0 saturated carbocycles. The second kappa shape index (κ2) is 5.34. The molecule has 0 atom stereocenters. The maximum atomic E-state index is 13.6. The van der Waals surface area contributed by atoms with Crippen LogP contribution in [0, 0.1) is 21.3 Å². The molecule has 21 heavy (non-hydrogen) atoms. The van der Waals surface area contributed by atoms with Crippen molar-refractivity contribution in [3.05, 3.63) is 34.1 Å². The molecule has 1 aliphatic heterocycles. The molecule has 8 heteroatoms. The molecule has 0 aliphatic carbocycles. The number of nitro benzene ring substituents is 1. The molecule has 1 saturated heterocycles. The van der Waals surface area contributed by atoms with E-state index in [1.165, 1.54) is 10.4 Å². The van der Waals surface area contributed by atoms with E-state index in [4.69, 9.17) is 0 Å². The Balaban J connectivity index is 2.42. The maximum Gasteiger partial charge on any atom is 0.324 e. The van der Waals surface area contributed by atoms with Gasteiger partial charge in [0.25, 0.3) is 0 Å². The van der Waals surface area contributed by atoms with E-state index in [1.54, 1.807) is 0 Å². The van der Waals surface area contributed by atoms with Crippen molar-refractivity contribution < 1.29 is 17.7 Å². The summed E-state index contributed by atoms with van der Waals surface area (Å²) in [6, 6.07) is 3.13. The van der Waals surface area contributed by atoms with Crippen LogP contribution in [0.25, 0.3) is 0 Å². The topological polar surface area (TPSA) is 80.5 Å². The SMILES string of the molecule is CC1(C)CCN(S(=O)(=O)c2cccc(F)c2[N+](=O)[O-])CC1. The van der Waals surface area contributed by atoms with Gasteiger partial charge in [0.05, 0.1) is 4.92 Å². The van der Waals surface area contributed by atoms with Crippen LogP contribution in [0.1, 0.15) is 26.7 Å². The Kier molecular flexibility index (Phi) is 4.03. The molecule has 0 bridgehead atoms. The van der Waals surface area contributed by atoms with Gasteiger partial charge in [0, 0.05) is 13.1 Å². The van der Waals surface area contributed by atoms with Gasteiger partial charge >= 0.3 is 5.69 Å². The first-order valence-electron chi connectivity index (χ1n) is 6.58. The van der Waals surface area contributed by atoms with Gasteiger partial charge in [-0.1, -0.05) is 19.9 Å². The van der Waals surface area contributed by atoms with Gasteiger partial charge in [-0.2, -0.15) is 8.70 Å². The largest absolute Gasteiger partial charge is 0.324 e. The lowest BCUT2D eigenvalue weighted by Crippen LogP contribution is -2.41. The smallest absolute Gasteiger partial charge is 0.258 e. The zero-order chi connectivity index (χ0) is 15.8. The van der Waals surface area contributed by atoms with E-state index >= 15 is 0 Å². The molecule has 1 aromatic carbocycles. The highest BCUT2D eigenvalue weighted by Crippen LogP contribution is 2.35. The van der Waals surface area contributed by atoms with Gasteiger partial charge in [-0.15, -0.1) is 0 Å². The fourth-order valence-corrected chi connectivity index (χ4v) is 3.96. The van der Waals surface area contributed by atoms with Crippen LogP contribution in [-0.4, -0.2) is 30.7 Å². The summed E-state index contributed by atoms with van der Waals surface area (Å²) in [7, 11) is -4.06. The lowest BCUT2D eigenvalue weighted by atomic mass is 9.83. The number of rotatable bonds is 3. The van der Waals surface area contributed by atoms with Crippen molar-refractivity contribution in [1.29, 1.82) is 0 Å². The van der Waals surface area contributed by atoms with Gasteiger partial charge in [-0.25, -0.2) is 8.42 Å². The first kappa shape index (κ1) is 15.8. The van der Waals surface area contributed by atoms with Gasteiger partial charge in [0.1, 0.15) is 0 Å². The Morgan fingerprint density at radius 2 is 1.86 bits per heavy atom. The second-order valence-corrected chi connectivity index (χ2v) is 7.82. The van der Waals surface area contributed by atoms with Crippen LogP contribution in [0.5, 0.6) is 0 Å². The highest BCUT2D eigenvalue weighted by Gasteiger charge is 2.37. The number of nitrogens with zero attached hydrogens (tertiary/aromatic N) is 2. The quantitative estimate of drug-likeness (QED) is 0.634. The molecular formula is C13H17FN2O4S. The third-order valence-corrected chi connectivity index (χ3v) is 5.76. The van der Waals surface area contributed by atoms with Crippen LogP contribution < -0.4 is 0 Å². The van der Waals surface area contributed by atoms with Gasteiger partial charge in [-0.05, 0) is 30.4 Å². The number of sulfonamides is 1. The fourth-order valence-electron chi connectivity index (χ4n) is 2.35. The number of hydrogen-bond donors (Lipinski definition) is 0. The van der Waals surface area contributed by atoms with Gasteiger partial charge in [0.15, 0.2) is 4.90 Å². The summed E-state index contributed by atoms with van der Waals surface area (Å²) < 4.78 is 39.9. The third kappa shape index (κ3) is 3.06. The number of halogens is 1. The standard InChI is InChI=1S/C13H17FN2O4S/c1-13(2)6-8-15(9-7-13)21(19,20)11-5-3-4-10(14)12(11)16(17)18/h3-5H,6-9H2,1-2H3. The van der Waals surface area contributed by atoms with Crippen molar-refractivity contribution in [2.45, 2.75) is 31.6 Å². The molecule has 1 heterocycles. The molecule has 0 amide bonds. The van der Waals surface area contributed by atoms with E-state index in [2.05, 4.69) is 0 Å². The predicted molar refractivity (Wildman–Crippen MR) is 74.8 cm³/mol. The molecule has 116 valence electrons. The maximum absolute atomic E-state index is 13.6. The first-order chi connectivity index (χ1) is 9.65. The summed E-state index contributed by atoms with van der Waals surface area (Å²) in [4.78, 5) is 9.39. The number of para-hydroxylation sites is 1. The minimum Gasteiger partial charge on any atom is -0.258 e. The van der Waals surface area contributed by atoms with E-state index in [0.717, 1.165) is 12.1 Å². The van der Waals surface area contributed by atoms with E-state index in [9.17, 15) is 22.9 Å². The molecular weight excluding hydrogens is 299 g/mol. The van der Waals surface area contributed by atoms with Crippen LogP contribution in [-0.2, 0) is 10.0 Å². The molecule has 6 nitrogen and oxygen atoms in total.